The minimum absolute atomic E-state index is 0.0491. The fourth-order valence-electron chi connectivity index (χ4n) is 2.91. The number of halogens is 3. The van der Waals surface area contributed by atoms with Gasteiger partial charge in [0.25, 0.3) is 0 Å². The van der Waals surface area contributed by atoms with Gasteiger partial charge in [-0.3, -0.25) is 5.10 Å². The van der Waals surface area contributed by atoms with Gasteiger partial charge in [0, 0.05) is 22.4 Å². The molecule has 4 aromatic rings. The Labute approximate surface area is 144 Å². The molecule has 0 unspecified atom stereocenters. The van der Waals surface area contributed by atoms with Gasteiger partial charge in [-0.05, 0) is 25.1 Å². The van der Waals surface area contributed by atoms with Crippen LogP contribution in [0.25, 0.3) is 33.1 Å². The van der Waals surface area contributed by atoms with Gasteiger partial charge in [-0.15, -0.1) is 0 Å². The first-order valence-electron chi connectivity index (χ1n) is 7.22. The number of fused-ring (bicyclic) bond motifs is 3. The van der Waals surface area contributed by atoms with Gasteiger partial charge in [-0.2, -0.15) is 5.10 Å². The number of aryl methyl sites for hydroxylation is 1. The summed E-state index contributed by atoms with van der Waals surface area (Å²) in [6, 6.07) is 4.93. The maximum Gasteiger partial charge on any atom is 0.173 e. The Hall–Kier alpha value is -2.93. The summed E-state index contributed by atoms with van der Waals surface area (Å²) in [7, 11) is 0. The molecule has 126 valence electrons. The third kappa shape index (κ3) is 2.20. The summed E-state index contributed by atoms with van der Waals surface area (Å²) in [4.78, 5) is 4.35. The summed E-state index contributed by atoms with van der Waals surface area (Å²) < 4.78 is 29.3. The predicted molar refractivity (Wildman–Crippen MR) is 89.8 cm³/mol. The summed E-state index contributed by atoms with van der Waals surface area (Å²) in [5.41, 5.74) is 1.16. The molecule has 0 spiro atoms. The van der Waals surface area contributed by atoms with Crippen LogP contribution in [-0.2, 0) is 0 Å². The maximum atomic E-state index is 14.7. The highest BCUT2D eigenvalue weighted by atomic mass is 35.5. The number of phenolic OH excluding ortho intramolecular Hbond substituents is 2. The van der Waals surface area contributed by atoms with Crippen LogP contribution in [0, 0.1) is 18.6 Å². The van der Waals surface area contributed by atoms with E-state index in [0.29, 0.717) is 17.3 Å². The quantitative estimate of drug-likeness (QED) is 0.468. The van der Waals surface area contributed by atoms with Crippen LogP contribution in [-0.4, -0.2) is 25.4 Å². The topological polar surface area (TPSA) is 82.0 Å². The molecular formula is C17H10ClF2N3O2. The Morgan fingerprint density at radius 3 is 2.52 bits per heavy atom. The van der Waals surface area contributed by atoms with Crippen LogP contribution in [0.2, 0.25) is 5.02 Å². The Morgan fingerprint density at radius 1 is 1.04 bits per heavy atom. The van der Waals surface area contributed by atoms with Crippen molar-refractivity contribution in [3.63, 3.8) is 0 Å². The smallest absolute Gasteiger partial charge is 0.173 e. The number of hydrogen-bond acceptors (Lipinski definition) is 4. The van der Waals surface area contributed by atoms with Crippen LogP contribution in [0.3, 0.4) is 0 Å². The van der Waals surface area contributed by atoms with Crippen molar-refractivity contribution in [2.45, 2.75) is 6.92 Å². The average molecular weight is 362 g/mol. The molecule has 0 aliphatic rings. The van der Waals surface area contributed by atoms with Gasteiger partial charge in [0.15, 0.2) is 17.2 Å². The molecule has 2 heterocycles. The molecule has 0 aliphatic carbocycles. The van der Waals surface area contributed by atoms with Gasteiger partial charge in [0.2, 0.25) is 0 Å². The molecule has 4 rings (SSSR count). The molecule has 0 atom stereocenters. The monoisotopic (exact) mass is 361 g/mol. The Morgan fingerprint density at radius 2 is 1.80 bits per heavy atom. The molecule has 25 heavy (non-hydrogen) atoms. The minimum Gasteiger partial charge on any atom is -0.506 e. The summed E-state index contributed by atoms with van der Waals surface area (Å²) in [5.74, 6) is -2.73. The average Bonchev–Trinajstić information content (AvgIpc) is 2.95. The lowest BCUT2D eigenvalue weighted by Gasteiger charge is -2.11. The number of pyridine rings is 1. The van der Waals surface area contributed by atoms with E-state index in [1.165, 1.54) is 18.2 Å². The molecule has 0 amide bonds. The van der Waals surface area contributed by atoms with E-state index in [1.54, 1.807) is 6.92 Å². The number of nitrogens with one attached hydrogen (secondary N) is 1. The van der Waals surface area contributed by atoms with Crippen LogP contribution in [0.4, 0.5) is 8.78 Å². The molecule has 8 heteroatoms. The molecule has 0 fully saturated rings. The van der Waals surface area contributed by atoms with Crippen LogP contribution in [0.1, 0.15) is 5.69 Å². The van der Waals surface area contributed by atoms with Gasteiger partial charge in [-0.1, -0.05) is 11.6 Å². The van der Waals surface area contributed by atoms with E-state index in [9.17, 15) is 19.0 Å². The molecular weight excluding hydrogens is 352 g/mol. The summed E-state index contributed by atoms with van der Waals surface area (Å²) >= 11 is 5.93. The van der Waals surface area contributed by atoms with Crippen LogP contribution < -0.4 is 0 Å². The van der Waals surface area contributed by atoms with Crippen molar-refractivity contribution < 1.29 is 19.0 Å². The fraction of sp³-hybridized carbons (Fsp3) is 0.0588. The number of H-pyrrole nitrogens is 1. The van der Waals surface area contributed by atoms with Crippen molar-refractivity contribution in [1.29, 1.82) is 0 Å². The Kier molecular flexibility index (Phi) is 3.30. The van der Waals surface area contributed by atoms with Crippen LogP contribution >= 0.6 is 11.6 Å². The molecule has 0 bridgehead atoms. The van der Waals surface area contributed by atoms with E-state index in [0.717, 1.165) is 0 Å². The van der Waals surface area contributed by atoms with E-state index in [1.807, 2.05) is 0 Å². The van der Waals surface area contributed by atoms with Crippen molar-refractivity contribution >= 4 is 33.4 Å². The molecule has 2 aromatic carbocycles. The standard InChI is InChI=1S/C17H10ClF2N3O2/c1-6-12-14-13(9(19)5-11(25)15(14)20)16(21-17(12)23-22-6)7-2-3-10(24)8(18)4-7/h2-5,24-25H,1H3,(H,21,22,23). The van der Waals surface area contributed by atoms with E-state index in [2.05, 4.69) is 15.2 Å². The highest BCUT2D eigenvalue weighted by molar-refractivity contribution is 6.32. The number of aromatic amines is 1. The highest BCUT2D eigenvalue weighted by Crippen LogP contribution is 2.40. The molecule has 0 saturated heterocycles. The van der Waals surface area contributed by atoms with E-state index in [-0.39, 0.29) is 38.3 Å². The second-order valence-electron chi connectivity index (χ2n) is 5.60. The molecule has 0 saturated carbocycles. The molecule has 0 radical (unpaired) electrons. The van der Waals surface area contributed by atoms with Crippen molar-refractivity contribution in [2.24, 2.45) is 0 Å². The van der Waals surface area contributed by atoms with Gasteiger partial charge >= 0.3 is 0 Å². The molecule has 5 nitrogen and oxygen atoms in total. The zero-order chi connectivity index (χ0) is 17.9. The predicted octanol–water partition coefficient (Wildman–Crippen LogP) is 4.43. The van der Waals surface area contributed by atoms with Gasteiger partial charge < -0.3 is 10.2 Å². The fourth-order valence-corrected chi connectivity index (χ4v) is 3.09. The summed E-state index contributed by atoms with van der Waals surface area (Å²) in [6.45, 7) is 1.62. The first-order chi connectivity index (χ1) is 11.9. The third-order valence-corrected chi connectivity index (χ3v) is 4.36. The normalized spacial score (nSPS) is 11.5. The number of rotatable bonds is 1. The lowest BCUT2D eigenvalue weighted by atomic mass is 9.99. The SMILES string of the molecule is Cc1n[nH]c2nc(-c3ccc(O)c(Cl)c3)c3c(F)cc(O)c(F)c3c12. The number of benzene rings is 2. The number of phenols is 2. The lowest BCUT2D eigenvalue weighted by molar-refractivity contribution is 0.431. The van der Waals surface area contributed by atoms with E-state index < -0.39 is 17.4 Å². The Balaban J connectivity index is 2.24. The van der Waals surface area contributed by atoms with Crippen molar-refractivity contribution in [3.8, 4) is 22.8 Å². The molecule has 0 aliphatic heterocycles. The number of aromatic nitrogens is 3. The Bertz CT molecular complexity index is 1170. The van der Waals surface area contributed by atoms with Crippen molar-refractivity contribution in [2.75, 3.05) is 0 Å². The third-order valence-electron chi connectivity index (χ3n) is 4.06. The van der Waals surface area contributed by atoms with E-state index in [4.69, 9.17) is 11.6 Å². The second-order valence-corrected chi connectivity index (χ2v) is 6.01. The zero-order valence-electron chi connectivity index (χ0n) is 12.7. The molecule has 2 aromatic heterocycles. The minimum atomic E-state index is -0.959. The number of aromatic hydroxyl groups is 2. The van der Waals surface area contributed by atoms with Crippen LogP contribution in [0.15, 0.2) is 24.3 Å². The van der Waals surface area contributed by atoms with Crippen LogP contribution in [0.5, 0.6) is 11.5 Å². The van der Waals surface area contributed by atoms with Crippen molar-refractivity contribution in [3.05, 3.63) is 46.6 Å². The van der Waals surface area contributed by atoms with Gasteiger partial charge in [0.05, 0.1) is 21.8 Å². The largest absolute Gasteiger partial charge is 0.506 e. The van der Waals surface area contributed by atoms with E-state index >= 15 is 0 Å². The summed E-state index contributed by atoms with van der Waals surface area (Å²) in [5, 5.41) is 26.1. The first-order valence-corrected chi connectivity index (χ1v) is 7.60. The van der Waals surface area contributed by atoms with Gasteiger partial charge in [-0.25, -0.2) is 13.8 Å². The first kappa shape index (κ1) is 15.6. The summed E-state index contributed by atoms with van der Waals surface area (Å²) in [6.07, 6.45) is 0. The highest BCUT2D eigenvalue weighted by Gasteiger charge is 2.22. The number of hydrogen-bond donors (Lipinski definition) is 3. The zero-order valence-corrected chi connectivity index (χ0v) is 13.5. The second kappa shape index (κ2) is 5.29. The lowest BCUT2D eigenvalue weighted by Crippen LogP contribution is -1.95. The van der Waals surface area contributed by atoms with Gasteiger partial charge in [0.1, 0.15) is 11.6 Å². The van der Waals surface area contributed by atoms with Crippen molar-refractivity contribution in [1.82, 2.24) is 15.2 Å². The number of nitrogens with zero attached hydrogens (tertiary/aromatic N) is 2. The molecule has 3 N–H and O–H groups in total. The maximum absolute atomic E-state index is 14.7.